The highest BCUT2D eigenvalue weighted by Crippen LogP contribution is 2.35. The van der Waals surface area contributed by atoms with Crippen molar-refractivity contribution in [2.75, 3.05) is 20.3 Å². The molecule has 2 rings (SSSR count). The van der Waals surface area contributed by atoms with Crippen molar-refractivity contribution in [1.82, 2.24) is 4.98 Å². The van der Waals surface area contributed by atoms with E-state index < -0.39 is 5.97 Å². The van der Waals surface area contributed by atoms with Gasteiger partial charge in [0.2, 0.25) is 0 Å². The summed E-state index contributed by atoms with van der Waals surface area (Å²) >= 11 is 0. The van der Waals surface area contributed by atoms with E-state index in [1.165, 1.54) is 6.20 Å². The largest absolute Gasteiger partial charge is 0.493 e. The summed E-state index contributed by atoms with van der Waals surface area (Å²) in [7, 11) is 1.56. The van der Waals surface area contributed by atoms with Gasteiger partial charge in [0, 0.05) is 23.5 Å². The second-order valence-corrected chi connectivity index (χ2v) is 4.52. The van der Waals surface area contributed by atoms with E-state index >= 15 is 0 Å². The van der Waals surface area contributed by atoms with Gasteiger partial charge in [0.25, 0.3) is 0 Å². The predicted molar refractivity (Wildman–Crippen MR) is 90.6 cm³/mol. The van der Waals surface area contributed by atoms with Crippen molar-refractivity contribution in [2.45, 2.75) is 20.4 Å². The Kier molecular flexibility index (Phi) is 7.06. The van der Waals surface area contributed by atoms with Crippen LogP contribution in [0.3, 0.4) is 0 Å². The Morgan fingerprint density at radius 3 is 2.43 bits per heavy atom. The predicted octanol–water partition coefficient (Wildman–Crippen LogP) is 2.70. The number of carbonyl (C=O) groups is 1. The zero-order chi connectivity index (χ0) is 16.1. The number of benzene rings is 1. The number of carbonyl (C=O) groups excluding carboxylic acids is 1. The second-order valence-electron chi connectivity index (χ2n) is 4.52. The Bertz CT molecular complexity index is 691. The highest BCUT2D eigenvalue weighted by Gasteiger charge is 2.17. The smallest absolute Gasteiger partial charge is 0.340 e. The molecule has 126 valence electrons. The Balaban J connectivity index is 0.00000264. The van der Waals surface area contributed by atoms with Crippen LogP contribution in [0.4, 0.5) is 0 Å². The van der Waals surface area contributed by atoms with E-state index in [9.17, 15) is 4.79 Å². The maximum atomic E-state index is 12.1. The molecule has 0 bridgehead atoms. The van der Waals surface area contributed by atoms with Gasteiger partial charge in [0.05, 0.1) is 31.6 Å². The Hall–Kier alpha value is -2.05. The van der Waals surface area contributed by atoms with E-state index in [4.69, 9.17) is 19.9 Å². The minimum absolute atomic E-state index is 0. The third-order valence-electron chi connectivity index (χ3n) is 3.24. The summed E-state index contributed by atoms with van der Waals surface area (Å²) in [6, 6.07) is 3.56. The topological polar surface area (TPSA) is 83.7 Å². The summed E-state index contributed by atoms with van der Waals surface area (Å²) in [6.45, 7) is 4.69. The fraction of sp³-hybridized carbons (Fsp3) is 0.375. The van der Waals surface area contributed by atoms with Gasteiger partial charge in [-0.15, -0.1) is 12.4 Å². The molecular weight excluding hydrogens is 320 g/mol. The van der Waals surface area contributed by atoms with Gasteiger partial charge in [0.1, 0.15) is 0 Å². The minimum atomic E-state index is -0.420. The lowest BCUT2D eigenvalue weighted by molar-refractivity contribution is 0.0528. The molecule has 0 aliphatic carbocycles. The van der Waals surface area contributed by atoms with Gasteiger partial charge < -0.3 is 19.9 Å². The van der Waals surface area contributed by atoms with Crippen LogP contribution in [0.2, 0.25) is 0 Å². The molecular formula is C16H21ClN2O4. The van der Waals surface area contributed by atoms with Gasteiger partial charge in [-0.2, -0.15) is 0 Å². The Morgan fingerprint density at radius 1 is 1.17 bits per heavy atom. The van der Waals surface area contributed by atoms with Crippen LogP contribution in [0.15, 0.2) is 18.3 Å². The van der Waals surface area contributed by atoms with Crippen LogP contribution in [0, 0.1) is 0 Å². The number of nitrogens with two attached hydrogens (primary N) is 1. The average molecular weight is 341 g/mol. The molecule has 0 amide bonds. The van der Waals surface area contributed by atoms with Gasteiger partial charge in [-0.25, -0.2) is 4.79 Å². The molecule has 2 N–H and O–H groups in total. The third kappa shape index (κ3) is 3.83. The molecule has 1 heterocycles. The number of esters is 1. The Morgan fingerprint density at radius 2 is 1.87 bits per heavy atom. The van der Waals surface area contributed by atoms with E-state index in [-0.39, 0.29) is 19.0 Å². The number of nitrogens with zero attached hydrogens (tertiary/aromatic N) is 1. The number of hydrogen-bond acceptors (Lipinski definition) is 6. The number of pyridine rings is 1. The SMILES string of the molecule is CCOC(=O)c1cnc(CN)c2cc(OC)c(OCC)cc12.Cl. The van der Waals surface area contributed by atoms with Crippen molar-refractivity contribution in [2.24, 2.45) is 5.73 Å². The number of fused-ring (bicyclic) bond motifs is 1. The van der Waals surface area contributed by atoms with Gasteiger partial charge in [0.15, 0.2) is 11.5 Å². The normalized spacial score (nSPS) is 10.1. The van der Waals surface area contributed by atoms with Crippen LogP contribution in [0.5, 0.6) is 11.5 Å². The molecule has 0 atom stereocenters. The van der Waals surface area contributed by atoms with Crippen molar-refractivity contribution in [1.29, 1.82) is 0 Å². The van der Waals surface area contributed by atoms with Crippen molar-refractivity contribution in [3.8, 4) is 11.5 Å². The highest BCUT2D eigenvalue weighted by atomic mass is 35.5. The molecule has 0 radical (unpaired) electrons. The molecule has 1 aromatic heterocycles. The van der Waals surface area contributed by atoms with E-state index in [0.717, 1.165) is 5.39 Å². The molecule has 2 aromatic rings. The lowest BCUT2D eigenvalue weighted by atomic mass is 10.0. The van der Waals surface area contributed by atoms with Crippen LogP contribution < -0.4 is 15.2 Å². The summed E-state index contributed by atoms with van der Waals surface area (Å²) in [4.78, 5) is 16.4. The fourth-order valence-corrected chi connectivity index (χ4v) is 2.27. The molecule has 0 fully saturated rings. The van der Waals surface area contributed by atoms with Crippen molar-refractivity contribution in [3.05, 3.63) is 29.6 Å². The quantitative estimate of drug-likeness (QED) is 0.814. The third-order valence-corrected chi connectivity index (χ3v) is 3.24. The van der Waals surface area contributed by atoms with E-state index in [1.807, 2.05) is 6.92 Å². The number of methoxy groups -OCH3 is 1. The molecule has 0 saturated carbocycles. The van der Waals surface area contributed by atoms with Gasteiger partial charge in [-0.1, -0.05) is 0 Å². The zero-order valence-electron chi connectivity index (χ0n) is 13.4. The summed E-state index contributed by atoms with van der Waals surface area (Å²) in [6.07, 6.45) is 1.49. The van der Waals surface area contributed by atoms with Gasteiger partial charge in [-0.05, 0) is 26.0 Å². The average Bonchev–Trinajstić information content (AvgIpc) is 2.53. The van der Waals surface area contributed by atoms with Gasteiger partial charge >= 0.3 is 5.97 Å². The van der Waals surface area contributed by atoms with Crippen molar-refractivity contribution in [3.63, 3.8) is 0 Å². The van der Waals surface area contributed by atoms with E-state index in [0.29, 0.717) is 41.4 Å². The highest BCUT2D eigenvalue weighted by molar-refractivity contribution is 6.05. The molecule has 0 spiro atoms. The number of aromatic nitrogens is 1. The minimum Gasteiger partial charge on any atom is -0.493 e. The number of halogens is 1. The molecule has 1 aromatic carbocycles. The molecule has 0 saturated heterocycles. The van der Waals surface area contributed by atoms with E-state index in [1.54, 1.807) is 26.2 Å². The first-order valence-electron chi connectivity index (χ1n) is 7.15. The van der Waals surface area contributed by atoms with Crippen molar-refractivity contribution >= 4 is 29.1 Å². The maximum Gasteiger partial charge on any atom is 0.340 e. The second kappa shape index (κ2) is 8.55. The summed E-state index contributed by atoms with van der Waals surface area (Å²) in [5.74, 6) is 0.722. The number of hydrogen-bond donors (Lipinski definition) is 1. The fourth-order valence-electron chi connectivity index (χ4n) is 2.27. The molecule has 7 heteroatoms. The standard InChI is InChI=1S/C16H20N2O4.ClH/c1-4-21-15-6-10-11(7-14(15)20-3)13(8-17)18-9-12(10)16(19)22-5-2;/h6-7,9H,4-5,8,17H2,1-3H3;1H. The monoisotopic (exact) mass is 340 g/mol. The Labute approximate surface area is 141 Å². The van der Waals surface area contributed by atoms with Crippen LogP contribution in [-0.2, 0) is 11.3 Å². The number of ether oxygens (including phenoxy) is 3. The first-order valence-corrected chi connectivity index (χ1v) is 7.15. The van der Waals surface area contributed by atoms with Crippen LogP contribution in [0.1, 0.15) is 29.9 Å². The summed E-state index contributed by atoms with van der Waals surface area (Å²) in [5, 5.41) is 1.45. The van der Waals surface area contributed by atoms with Crippen LogP contribution in [0.25, 0.3) is 10.8 Å². The van der Waals surface area contributed by atoms with E-state index in [2.05, 4.69) is 4.98 Å². The van der Waals surface area contributed by atoms with Crippen LogP contribution >= 0.6 is 12.4 Å². The lowest BCUT2D eigenvalue weighted by Crippen LogP contribution is -2.09. The molecule has 0 aliphatic rings. The summed E-state index contributed by atoms with van der Waals surface area (Å²) < 4.78 is 16.0. The molecule has 0 aliphatic heterocycles. The first kappa shape index (κ1) is 19.0. The maximum absolute atomic E-state index is 12.1. The molecule has 6 nitrogen and oxygen atoms in total. The zero-order valence-corrected chi connectivity index (χ0v) is 14.2. The van der Waals surface area contributed by atoms with Crippen LogP contribution in [-0.4, -0.2) is 31.3 Å². The summed E-state index contributed by atoms with van der Waals surface area (Å²) in [5.41, 5.74) is 6.81. The first-order chi connectivity index (χ1) is 10.7. The lowest BCUT2D eigenvalue weighted by Gasteiger charge is -2.14. The molecule has 0 unspecified atom stereocenters. The van der Waals surface area contributed by atoms with Gasteiger partial charge in [-0.3, -0.25) is 4.98 Å². The van der Waals surface area contributed by atoms with Crippen molar-refractivity contribution < 1.29 is 19.0 Å². The number of rotatable bonds is 6. The molecule has 23 heavy (non-hydrogen) atoms.